The predicted molar refractivity (Wildman–Crippen MR) is 71.2 cm³/mol. The van der Waals surface area contributed by atoms with E-state index in [2.05, 4.69) is 51.2 Å². The van der Waals surface area contributed by atoms with Crippen molar-refractivity contribution >= 4 is 0 Å². The lowest BCUT2D eigenvalue weighted by Crippen LogP contribution is -2.45. The summed E-state index contributed by atoms with van der Waals surface area (Å²) in [6.45, 7) is 9.09. The van der Waals surface area contributed by atoms with Crippen LogP contribution in [0.25, 0.3) is 0 Å². The van der Waals surface area contributed by atoms with E-state index >= 15 is 0 Å². The summed E-state index contributed by atoms with van der Waals surface area (Å²) in [5.74, 6) is 0. The van der Waals surface area contributed by atoms with Crippen molar-refractivity contribution in [1.82, 2.24) is 5.32 Å². The predicted octanol–water partition coefficient (Wildman–Crippen LogP) is 2.52. The molecule has 0 saturated heterocycles. The smallest absolute Gasteiger partial charge is 0.103 e. The van der Waals surface area contributed by atoms with Crippen LogP contribution >= 0.6 is 0 Å². The van der Waals surface area contributed by atoms with E-state index in [4.69, 9.17) is 0 Å². The zero-order valence-corrected chi connectivity index (χ0v) is 11.3. The fourth-order valence-corrected chi connectivity index (χ4v) is 2.41. The summed E-state index contributed by atoms with van der Waals surface area (Å²) in [6.07, 6.45) is 1.81. The second kappa shape index (κ2) is 4.11. The maximum atomic E-state index is 10.8. The van der Waals surface area contributed by atoms with Crippen molar-refractivity contribution in [1.29, 1.82) is 0 Å². The molecule has 1 aliphatic rings. The van der Waals surface area contributed by atoms with Crippen LogP contribution in [0, 0.1) is 6.92 Å². The van der Waals surface area contributed by atoms with Crippen LogP contribution in [-0.2, 0) is 12.0 Å². The molecular formula is C15H23NO. The summed E-state index contributed by atoms with van der Waals surface area (Å²) in [5, 5.41) is 14.2. The number of β-amino-alcohol motifs (C(OH)–C–C–N with tert-alkyl or cyclic N) is 1. The maximum Gasteiger partial charge on any atom is 0.103 e. The van der Waals surface area contributed by atoms with E-state index in [1.807, 2.05) is 0 Å². The summed E-state index contributed by atoms with van der Waals surface area (Å²) in [7, 11) is 0. The highest BCUT2D eigenvalue weighted by atomic mass is 16.3. The Morgan fingerprint density at radius 1 is 1.35 bits per heavy atom. The van der Waals surface area contributed by atoms with Crippen molar-refractivity contribution in [3.8, 4) is 0 Å². The van der Waals surface area contributed by atoms with Crippen LogP contribution in [0.5, 0.6) is 0 Å². The number of hydrogen-bond donors (Lipinski definition) is 2. The van der Waals surface area contributed by atoms with Gasteiger partial charge in [-0.15, -0.1) is 0 Å². The quantitative estimate of drug-likeness (QED) is 0.822. The van der Waals surface area contributed by atoms with Crippen LogP contribution in [0.1, 0.15) is 43.9 Å². The molecule has 2 N–H and O–H groups in total. The van der Waals surface area contributed by atoms with Gasteiger partial charge >= 0.3 is 0 Å². The summed E-state index contributed by atoms with van der Waals surface area (Å²) in [6, 6.07) is 6.41. The number of rotatable bonds is 2. The number of fused-ring (bicyclic) bond motifs is 1. The Labute approximate surface area is 104 Å². The highest BCUT2D eigenvalue weighted by Crippen LogP contribution is 2.37. The molecule has 0 aliphatic heterocycles. The molecule has 1 aliphatic carbocycles. The first-order chi connectivity index (χ1) is 7.80. The Morgan fingerprint density at radius 3 is 2.71 bits per heavy atom. The van der Waals surface area contributed by atoms with E-state index in [9.17, 15) is 5.11 Å². The van der Waals surface area contributed by atoms with Crippen LogP contribution in [0.3, 0.4) is 0 Å². The fourth-order valence-electron chi connectivity index (χ4n) is 2.41. The zero-order valence-electron chi connectivity index (χ0n) is 11.3. The first-order valence-electron chi connectivity index (χ1n) is 6.38. The first-order valence-corrected chi connectivity index (χ1v) is 6.38. The van der Waals surface area contributed by atoms with Crippen molar-refractivity contribution < 1.29 is 5.11 Å². The van der Waals surface area contributed by atoms with Gasteiger partial charge in [0.05, 0.1) is 0 Å². The van der Waals surface area contributed by atoms with Gasteiger partial charge in [-0.1, -0.05) is 23.8 Å². The molecule has 2 rings (SSSR count). The molecule has 0 bridgehead atoms. The number of aryl methyl sites for hydroxylation is 2. The summed E-state index contributed by atoms with van der Waals surface area (Å²) in [4.78, 5) is 0. The molecule has 1 unspecified atom stereocenters. The SMILES string of the molecule is Cc1ccc2c(c1)C(O)(CNC(C)(C)C)CC2. The van der Waals surface area contributed by atoms with Gasteiger partial charge < -0.3 is 10.4 Å². The van der Waals surface area contributed by atoms with E-state index in [1.54, 1.807) is 0 Å². The molecule has 1 aromatic carbocycles. The summed E-state index contributed by atoms with van der Waals surface area (Å²) < 4.78 is 0. The average Bonchev–Trinajstić information content (AvgIpc) is 2.54. The largest absolute Gasteiger partial charge is 0.384 e. The lowest BCUT2D eigenvalue weighted by atomic mass is 9.93. The van der Waals surface area contributed by atoms with E-state index in [1.165, 1.54) is 11.1 Å². The molecule has 1 atom stereocenters. The van der Waals surface area contributed by atoms with Gasteiger partial charge in [0.1, 0.15) is 5.60 Å². The fraction of sp³-hybridized carbons (Fsp3) is 0.600. The van der Waals surface area contributed by atoms with Crippen molar-refractivity contribution in [2.24, 2.45) is 0 Å². The normalized spacial score (nSPS) is 23.8. The van der Waals surface area contributed by atoms with Gasteiger partial charge in [0, 0.05) is 12.1 Å². The molecule has 0 heterocycles. The number of aliphatic hydroxyl groups is 1. The molecule has 0 saturated carbocycles. The Balaban J connectivity index is 2.22. The van der Waals surface area contributed by atoms with Gasteiger partial charge in [-0.25, -0.2) is 0 Å². The van der Waals surface area contributed by atoms with Crippen LogP contribution < -0.4 is 5.32 Å². The lowest BCUT2D eigenvalue weighted by Gasteiger charge is -2.30. The number of hydrogen-bond acceptors (Lipinski definition) is 2. The van der Waals surface area contributed by atoms with Gasteiger partial charge in [-0.3, -0.25) is 0 Å². The third kappa shape index (κ3) is 2.70. The maximum absolute atomic E-state index is 10.8. The molecule has 94 valence electrons. The van der Waals surface area contributed by atoms with Crippen LogP contribution in [0.2, 0.25) is 0 Å². The van der Waals surface area contributed by atoms with Crippen LogP contribution in [-0.4, -0.2) is 17.2 Å². The molecule has 0 radical (unpaired) electrons. The van der Waals surface area contributed by atoms with Gasteiger partial charge in [0.2, 0.25) is 0 Å². The lowest BCUT2D eigenvalue weighted by molar-refractivity contribution is 0.0325. The minimum Gasteiger partial charge on any atom is -0.384 e. The average molecular weight is 233 g/mol. The molecule has 1 aromatic rings. The van der Waals surface area contributed by atoms with E-state index < -0.39 is 5.60 Å². The third-order valence-corrected chi connectivity index (χ3v) is 3.49. The number of nitrogens with one attached hydrogen (secondary N) is 1. The monoisotopic (exact) mass is 233 g/mol. The van der Waals surface area contributed by atoms with E-state index in [0.29, 0.717) is 6.54 Å². The van der Waals surface area contributed by atoms with Crippen molar-refractivity contribution in [3.63, 3.8) is 0 Å². The molecule has 0 spiro atoms. The van der Waals surface area contributed by atoms with Gasteiger partial charge in [0.25, 0.3) is 0 Å². The summed E-state index contributed by atoms with van der Waals surface area (Å²) in [5.41, 5.74) is 3.00. The molecule has 2 heteroatoms. The number of benzene rings is 1. The Hall–Kier alpha value is -0.860. The van der Waals surface area contributed by atoms with Crippen LogP contribution in [0.15, 0.2) is 18.2 Å². The topological polar surface area (TPSA) is 32.3 Å². The summed E-state index contributed by atoms with van der Waals surface area (Å²) >= 11 is 0. The van der Waals surface area contributed by atoms with Crippen molar-refractivity contribution in [2.45, 2.75) is 51.7 Å². The second-order valence-electron chi connectivity index (χ2n) is 6.30. The molecule has 0 amide bonds. The van der Waals surface area contributed by atoms with Crippen molar-refractivity contribution in [2.75, 3.05) is 6.54 Å². The molecule has 2 nitrogen and oxygen atoms in total. The standard InChI is InChI=1S/C15H23NO/c1-11-5-6-12-7-8-15(17,13(12)9-11)10-16-14(2,3)4/h5-6,9,16-17H,7-8,10H2,1-4H3. The molecule has 17 heavy (non-hydrogen) atoms. The minimum atomic E-state index is -0.686. The molecule has 0 fully saturated rings. The zero-order chi connectivity index (χ0) is 12.7. The second-order valence-corrected chi connectivity index (χ2v) is 6.30. The Kier molecular flexibility index (Phi) is 3.04. The van der Waals surface area contributed by atoms with Gasteiger partial charge in [-0.2, -0.15) is 0 Å². The van der Waals surface area contributed by atoms with Crippen LogP contribution in [0.4, 0.5) is 0 Å². The third-order valence-electron chi connectivity index (χ3n) is 3.49. The van der Waals surface area contributed by atoms with E-state index in [0.717, 1.165) is 18.4 Å². The molecular weight excluding hydrogens is 210 g/mol. The van der Waals surface area contributed by atoms with E-state index in [-0.39, 0.29) is 5.54 Å². The first kappa shape index (κ1) is 12.6. The molecule has 0 aromatic heterocycles. The minimum absolute atomic E-state index is 0.0440. The Morgan fingerprint density at radius 2 is 2.06 bits per heavy atom. The van der Waals surface area contributed by atoms with Crippen molar-refractivity contribution in [3.05, 3.63) is 34.9 Å². The van der Waals surface area contributed by atoms with Gasteiger partial charge in [0.15, 0.2) is 0 Å². The van der Waals surface area contributed by atoms with Gasteiger partial charge in [-0.05, 0) is 51.7 Å². The highest BCUT2D eigenvalue weighted by Gasteiger charge is 2.37. The highest BCUT2D eigenvalue weighted by molar-refractivity contribution is 5.40. The Bertz CT molecular complexity index is 419.